The van der Waals surface area contributed by atoms with E-state index in [2.05, 4.69) is 13.8 Å². The minimum atomic E-state index is -1.14. The lowest BCUT2D eigenvalue weighted by atomic mass is 9.96. The molecule has 0 bridgehead atoms. The van der Waals surface area contributed by atoms with E-state index in [1.165, 1.54) is 0 Å². The van der Waals surface area contributed by atoms with Crippen LogP contribution in [0.2, 0.25) is 0 Å². The molecule has 0 radical (unpaired) electrons. The molecule has 0 aromatic rings. The first-order chi connectivity index (χ1) is 8.95. The molecule has 3 N–H and O–H groups in total. The van der Waals surface area contributed by atoms with Crippen molar-refractivity contribution in [1.82, 2.24) is 0 Å². The zero-order valence-electron chi connectivity index (χ0n) is 11.6. The summed E-state index contributed by atoms with van der Waals surface area (Å²) in [5, 5.41) is 28.6. The van der Waals surface area contributed by atoms with Gasteiger partial charge in [-0.3, -0.25) is 0 Å². The van der Waals surface area contributed by atoms with E-state index in [0.29, 0.717) is 12.5 Å². The van der Waals surface area contributed by atoms with Gasteiger partial charge >= 0.3 is 0 Å². The van der Waals surface area contributed by atoms with Gasteiger partial charge in [0.05, 0.1) is 25.4 Å². The van der Waals surface area contributed by atoms with Crippen LogP contribution in [0.4, 0.5) is 0 Å². The van der Waals surface area contributed by atoms with E-state index in [0.717, 1.165) is 0 Å². The molecule has 2 heterocycles. The van der Waals surface area contributed by atoms with Crippen molar-refractivity contribution in [2.24, 2.45) is 11.8 Å². The number of hydrogen-bond donors (Lipinski definition) is 3. The van der Waals surface area contributed by atoms with Crippen molar-refractivity contribution in [2.75, 3.05) is 13.2 Å². The standard InChI is InChI=1S/C13H24O6/c1-6(2)11-12(7(3)5-17-11)19-13-10(16)9(15)8(4-14)18-13/h6-16H,4-5H2,1-3H3. The summed E-state index contributed by atoms with van der Waals surface area (Å²) in [6.07, 6.45) is -4.19. The third kappa shape index (κ3) is 2.94. The fourth-order valence-corrected chi connectivity index (χ4v) is 2.69. The number of hydrogen-bond acceptors (Lipinski definition) is 6. The summed E-state index contributed by atoms with van der Waals surface area (Å²) < 4.78 is 16.8. The van der Waals surface area contributed by atoms with Gasteiger partial charge in [0.1, 0.15) is 18.3 Å². The molecule has 0 aliphatic carbocycles. The van der Waals surface area contributed by atoms with Crippen LogP contribution < -0.4 is 0 Å². The molecule has 0 amide bonds. The van der Waals surface area contributed by atoms with Crippen molar-refractivity contribution < 1.29 is 29.5 Å². The van der Waals surface area contributed by atoms with Crippen LogP contribution in [-0.2, 0) is 14.2 Å². The Morgan fingerprint density at radius 2 is 1.95 bits per heavy atom. The summed E-state index contributed by atoms with van der Waals surface area (Å²) >= 11 is 0. The smallest absolute Gasteiger partial charge is 0.187 e. The van der Waals surface area contributed by atoms with Crippen molar-refractivity contribution >= 4 is 0 Å². The van der Waals surface area contributed by atoms with Crippen LogP contribution in [0, 0.1) is 11.8 Å². The van der Waals surface area contributed by atoms with Gasteiger partial charge in [-0.1, -0.05) is 20.8 Å². The fourth-order valence-electron chi connectivity index (χ4n) is 2.69. The number of aliphatic hydroxyl groups is 3. The minimum Gasteiger partial charge on any atom is -0.394 e. The molecule has 0 saturated carbocycles. The van der Waals surface area contributed by atoms with Gasteiger partial charge in [0, 0.05) is 5.92 Å². The molecule has 2 aliphatic heterocycles. The van der Waals surface area contributed by atoms with Crippen molar-refractivity contribution in [3.8, 4) is 0 Å². The number of aliphatic hydroxyl groups excluding tert-OH is 3. The van der Waals surface area contributed by atoms with Crippen molar-refractivity contribution in [3.63, 3.8) is 0 Å². The molecule has 112 valence electrons. The third-order valence-corrected chi connectivity index (χ3v) is 3.88. The Morgan fingerprint density at radius 1 is 1.26 bits per heavy atom. The molecule has 2 saturated heterocycles. The molecule has 6 heteroatoms. The molecule has 2 fully saturated rings. The largest absolute Gasteiger partial charge is 0.394 e. The molecule has 6 nitrogen and oxygen atoms in total. The third-order valence-electron chi connectivity index (χ3n) is 3.88. The Hall–Kier alpha value is -0.240. The molecular weight excluding hydrogens is 252 g/mol. The van der Waals surface area contributed by atoms with Crippen LogP contribution in [-0.4, -0.2) is 65.3 Å². The highest BCUT2D eigenvalue weighted by molar-refractivity contribution is 4.90. The second-order valence-corrected chi connectivity index (χ2v) is 5.83. The second-order valence-electron chi connectivity index (χ2n) is 5.83. The van der Waals surface area contributed by atoms with E-state index < -0.39 is 24.6 Å². The van der Waals surface area contributed by atoms with Crippen molar-refractivity contribution in [3.05, 3.63) is 0 Å². The summed E-state index contributed by atoms with van der Waals surface area (Å²) in [4.78, 5) is 0. The summed E-state index contributed by atoms with van der Waals surface area (Å²) in [5.41, 5.74) is 0. The molecular formula is C13H24O6. The first-order valence-corrected chi connectivity index (χ1v) is 6.85. The maximum Gasteiger partial charge on any atom is 0.187 e. The maximum atomic E-state index is 9.88. The second kappa shape index (κ2) is 6.03. The molecule has 0 spiro atoms. The molecule has 7 unspecified atom stereocenters. The monoisotopic (exact) mass is 276 g/mol. The highest BCUT2D eigenvalue weighted by Gasteiger charge is 2.47. The van der Waals surface area contributed by atoms with Gasteiger partial charge in [-0.15, -0.1) is 0 Å². The minimum absolute atomic E-state index is 0.0453. The molecule has 0 aromatic heterocycles. The zero-order chi connectivity index (χ0) is 14.2. The summed E-state index contributed by atoms with van der Waals surface area (Å²) in [6.45, 7) is 6.39. The predicted molar refractivity (Wildman–Crippen MR) is 66.4 cm³/mol. The molecule has 2 rings (SSSR count). The Kier molecular flexibility index (Phi) is 4.81. The van der Waals surface area contributed by atoms with Crippen molar-refractivity contribution in [1.29, 1.82) is 0 Å². The Bertz CT molecular complexity index is 297. The Labute approximate surface area is 113 Å². The first-order valence-electron chi connectivity index (χ1n) is 6.85. The molecule has 7 atom stereocenters. The van der Waals surface area contributed by atoms with Crippen LogP contribution in [0.3, 0.4) is 0 Å². The highest BCUT2D eigenvalue weighted by atomic mass is 16.7. The van der Waals surface area contributed by atoms with Crippen LogP contribution in [0.5, 0.6) is 0 Å². The van der Waals surface area contributed by atoms with Gasteiger partial charge in [-0.2, -0.15) is 0 Å². The Balaban J connectivity index is 2.00. The molecule has 19 heavy (non-hydrogen) atoms. The molecule has 0 aromatic carbocycles. The topological polar surface area (TPSA) is 88.4 Å². The van der Waals surface area contributed by atoms with Gasteiger partial charge in [-0.25, -0.2) is 0 Å². The SMILES string of the molecule is CC(C)C1OCC(C)C1OC1OC(CO)C(O)C1O. The van der Waals surface area contributed by atoms with E-state index in [9.17, 15) is 10.2 Å². The summed E-state index contributed by atoms with van der Waals surface area (Å²) in [5.74, 6) is 0.501. The van der Waals surface area contributed by atoms with E-state index in [4.69, 9.17) is 19.3 Å². The average Bonchev–Trinajstić information content (AvgIpc) is 2.85. The zero-order valence-corrected chi connectivity index (χ0v) is 11.6. The highest BCUT2D eigenvalue weighted by Crippen LogP contribution is 2.32. The summed E-state index contributed by atoms with van der Waals surface area (Å²) in [7, 11) is 0. The van der Waals surface area contributed by atoms with E-state index >= 15 is 0 Å². The quantitative estimate of drug-likeness (QED) is 0.641. The maximum absolute atomic E-state index is 9.88. The lowest BCUT2D eigenvalue weighted by Gasteiger charge is -2.28. The van der Waals surface area contributed by atoms with E-state index in [1.807, 2.05) is 6.92 Å². The van der Waals surface area contributed by atoms with Crippen LogP contribution >= 0.6 is 0 Å². The van der Waals surface area contributed by atoms with Gasteiger partial charge in [0.2, 0.25) is 0 Å². The lowest BCUT2D eigenvalue weighted by molar-refractivity contribution is -0.209. The van der Waals surface area contributed by atoms with Crippen molar-refractivity contribution in [2.45, 2.75) is 57.6 Å². The van der Waals surface area contributed by atoms with Gasteiger partial charge in [0.15, 0.2) is 6.29 Å². The van der Waals surface area contributed by atoms with E-state index in [-0.39, 0.29) is 24.7 Å². The lowest BCUT2D eigenvalue weighted by Crippen LogP contribution is -2.41. The van der Waals surface area contributed by atoms with E-state index in [1.54, 1.807) is 0 Å². The molecule has 2 aliphatic rings. The van der Waals surface area contributed by atoms with Gasteiger partial charge < -0.3 is 29.5 Å². The van der Waals surface area contributed by atoms with Crippen LogP contribution in [0.1, 0.15) is 20.8 Å². The van der Waals surface area contributed by atoms with Gasteiger partial charge in [-0.05, 0) is 5.92 Å². The Morgan fingerprint density at radius 3 is 2.47 bits per heavy atom. The normalized spacial score (nSPS) is 47.2. The summed E-state index contributed by atoms with van der Waals surface area (Å²) in [6, 6.07) is 0. The average molecular weight is 276 g/mol. The van der Waals surface area contributed by atoms with Gasteiger partial charge in [0.25, 0.3) is 0 Å². The van der Waals surface area contributed by atoms with Crippen LogP contribution in [0.15, 0.2) is 0 Å². The van der Waals surface area contributed by atoms with Crippen LogP contribution in [0.25, 0.3) is 0 Å². The fraction of sp³-hybridized carbons (Fsp3) is 1.00. The number of ether oxygens (including phenoxy) is 3. The first kappa shape index (κ1) is 15.2. The number of rotatable bonds is 4. The predicted octanol–water partition coefficient (Wildman–Crippen LogP) is -0.498.